The van der Waals surface area contributed by atoms with Gasteiger partial charge in [0.25, 0.3) is 0 Å². The standard InChI is InChI=1S/C9H9ClOS/c10-8-3-1-2-6-7(8)4-12-5-9(6)11/h1-3,9,11H,4-5H2. The maximum atomic E-state index is 9.61. The van der Waals surface area contributed by atoms with Crippen LogP contribution in [0.15, 0.2) is 18.2 Å². The van der Waals surface area contributed by atoms with Crippen molar-refractivity contribution in [3.8, 4) is 0 Å². The van der Waals surface area contributed by atoms with E-state index in [4.69, 9.17) is 11.6 Å². The molecule has 1 aromatic rings. The molecule has 1 heterocycles. The molecule has 1 N–H and O–H groups in total. The lowest BCUT2D eigenvalue weighted by Gasteiger charge is -2.21. The molecule has 3 heteroatoms. The number of rotatable bonds is 0. The predicted octanol–water partition coefficient (Wildman–Crippen LogP) is 2.62. The van der Waals surface area contributed by atoms with Crippen LogP contribution in [0.25, 0.3) is 0 Å². The van der Waals surface area contributed by atoms with E-state index in [1.165, 1.54) is 0 Å². The third kappa shape index (κ3) is 1.35. The molecule has 0 saturated heterocycles. The molecule has 64 valence electrons. The van der Waals surface area contributed by atoms with Gasteiger partial charge in [-0.1, -0.05) is 23.7 Å². The quantitative estimate of drug-likeness (QED) is 0.695. The van der Waals surface area contributed by atoms with Gasteiger partial charge >= 0.3 is 0 Å². The monoisotopic (exact) mass is 200 g/mol. The van der Waals surface area contributed by atoms with Crippen LogP contribution in [0.5, 0.6) is 0 Å². The smallest absolute Gasteiger partial charge is 0.0884 e. The Morgan fingerprint density at radius 1 is 1.50 bits per heavy atom. The molecule has 1 aliphatic rings. The fourth-order valence-corrected chi connectivity index (χ4v) is 2.78. The van der Waals surface area contributed by atoms with E-state index in [0.29, 0.717) is 0 Å². The first-order valence-corrected chi connectivity index (χ1v) is 5.35. The highest BCUT2D eigenvalue weighted by Crippen LogP contribution is 2.35. The zero-order valence-electron chi connectivity index (χ0n) is 6.46. The summed E-state index contributed by atoms with van der Waals surface area (Å²) in [6, 6.07) is 5.71. The lowest BCUT2D eigenvalue weighted by atomic mass is 10.0. The van der Waals surface area contributed by atoms with Gasteiger partial charge in [0.1, 0.15) is 0 Å². The van der Waals surface area contributed by atoms with E-state index in [1.54, 1.807) is 11.8 Å². The number of aliphatic hydroxyl groups excluding tert-OH is 1. The van der Waals surface area contributed by atoms with Crippen LogP contribution >= 0.6 is 23.4 Å². The van der Waals surface area contributed by atoms with Crippen LogP contribution in [-0.2, 0) is 5.75 Å². The van der Waals surface area contributed by atoms with E-state index in [2.05, 4.69) is 0 Å². The Bertz CT molecular complexity index is 301. The molecule has 0 aromatic heterocycles. The molecule has 0 fully saturated rings. The normalized spacial score (nSPS) is 22.0. The Balaban J connectivity index is 2.52. The molecule has 2 rings (SSSR count). The van der Waals surface area contributed by atoms with Gasteiger partial charge in [-0.15, -0.1) is 0 Å². The molecule has 0 radical (unpaired) electrons. The molecule has 1 aromatic carbocycles. The highest BCUT2D eigenvalue weighted by atomic mass is 35.5. The number of halogens is 1. The summed E-state index contributed by atoms with van der Waals surface area (Å²) in [5.74, 6) is 1.71. The van der Waals surface area contributed by atoms with Crippen LogP contribution in [-0.4, -0.2) is 10.9 Å². The van der Waals surface area contributed by atoms with Crippen LogP contribution in [0.1, 0.15) is 17.2 Å². The fraction of sp³-hybridized carbons (Fsp3) is 0.333. The summed E-state index contributed by atoms with van der Waals surface area (Å²) in [6.07, 6.45) is -0.336. The molecule has 12 heavy (non-hydrogen) atoms. The van der Waals surface area contributed by atoms with Crippen molar-refractivity contribution < 1.29 is 5.11 Å². The minimum Gasteiger partial charge on any atom is -0.388 e. The fourth-order valence-electron chi connectivity index (χ4n) is 1.40. The van der Waals surface area contributed by atoms with Crippen molar-refractivity contribution in [3.63, 3.8) is 0 Å². The summed E-state index contributed by atoms with van der Waals surface area (Å²) < 4.78 is 0. The maximum absolute atomic E-state index is 9.61. The molecule has 0 amide bonds. The third-order valence-corrected chi connectivity index (χ3v) is 3.43. The SMILES string of the molecule is OC1CSCc2c(Cl)cccc21. The van der Waals surface area contributed by atoms with Crippen LogP contribution in [0.4, 0.5) is 0 Å². The van der Waals surface area contributed by atoms with Crippen LogP contribution in [0.2, 0.25) is 5.02 Å². The number of hydrogen-bond donors (Lipinski definition) is 1. The summed E-state index contributed by atoms with van der Waals surface area (Å²) in [7, 11) is 0. The van der Waals surface area contributed by atoms with E-state index in [-0.39, 0.29) is 6.10 Å². The summed E-state index contributed by atoms with van der Waals surface area (Å²) >= 11 is 7.71. The zero-order valence-corrected chi connectivity index (χ0v) is 8.03. The lowest BCUT2D eigenvalue weighted by Crippen LogP contribution is -2.09. The van der Waals surface area contributed by atoms with Gasteiger partial charge in [-0.3, -0.25) is 0 Å². The van der Waals surface area contributed by atoms with E-state index in [1.807, 2.05) is 18.2 Å². The Morgan fingerprint density at radius 3 is 3.08 bits per heavy atom. The molecule has 1 aliphatic heterocycles. The average molecular weight is 201 g/mol. The predicted molar refractivity (Wildman–Crippen MR) is 52.6 cm³/mol. The van der Waals surface area contributed by atoms with Crippen LogP contribution in [0, 0.1) is 0 Å². The average Bonchev–Trinajstić information content (AvgIpc) is 2.07. The molecule has 1 unspecified atom stereocenters. The van der Waals surface area contributed by atoms with Crippen molar-refractivity contribution in [1.82, 2.24) is 0 Å². The van der Waals surface area contributed by atoms with Crippen molar-refractivity contribution in [1.29, 1.82) is 0 Å². The molecular formula is C9H9ClOS. The Morgan fingerprint density at radius 2 is 2.33 bits per heavy atom. The Kier molecular flexibility index (Phi) is 2.31. The summed E-state index contributed by atoms with van der Waals surface area (Å²) in [5.41, 5.74) is 2.10. The highest BCUT2D eigenvalue weighted by Gasteiger charge is 2.19. The van der Waals surface area contributed by atoms with Gasteiger partial charge in [0.15, 0.2) is 0 Å². The van der Waals surface area contributed by atoms with Gasteiger partial charge in [0.05, 0.1) is 6.10 Å². The van der Waals surface area contributed by atoms with Crippen molar-refractivity contribution in [2.24, 2.45) is 0 Å². The maximum Gasteiger partial charge on any atom is 0.0884 e. The van der Waals surface area contributed by atoms with Gasteiger partial charge in [0, 0.05) is 16.5 Å². The number of benzene rings is 1. The zero-order chi connectivity index (χ0) is 8.55. The van der Waals surface area contributed by atoms with E-state index < -0.39 is 0 Å². The number of fused-ring (bicyclic) bond motifs is 1. The molecule has 0 saturated carbocycles. The first kappa shape index (κ1) is 8.42. The lowest BCUT2D eigenvalue weighted by molar-refractivity contribution is 0.202. The molecular weight excluding hydrogens is 192 g/mol. The van der Waals surface area contributed by atoms with Gasteiger partial charge in [-0.25, -0.2) is 0 Å². The Hall–Kier alpha value is -0.180. The summed E-state index contributed by atoms with van der Waals surface area (Å²) in [6.45, 7) is 0. The van der Waals surface area contributed by atoms with Crippen molar-refractivity contribution in [2.45, 2.75) is 11.9 Å². The van der Waals surface area contributed by atoms with Gasteiger partial charge < -0.3 is 5.11 Å². The van der Waals surface area contributed by atoms with Crippen molar-refractivity contribution in [2.75, 3.05) is 5.75 Å². The largest absolute Gasteiger partial charge is 0.388 e. The summed E-state index contributed by atoms with van der Waals surface area (Å²) in [4.78, 5) is 0. The molecule has 0 spiro atoms. The van der Waals surface area contributed by atoms with Gasteiger partial charge in [-0.2, -0.15) is 11.8 Å². The van der Waals surface area contributed by atoms with Crippen LogP contribution in [0.3, 0.4) is 0 Å². The minimum absolute atomic E-state index is 0.336. The second-order valence-corrected chi connectivity index (χ2v) is 4.28. The van der Waals surface area contributed by atoms with Crippen LogP contribution < -0.4 is 0 Å². The van der Waals surface area contributed by atoms with E-state index in [9.17, 15) is 5.11 Å². The molecule has 0 bridgehead atoms. The molecule has 1 atom stereocenters. The summed E-state index contributed by atoms with van der Waals surface area (Å²) in [5, 5.41) is 10.4. The third-order valence-electron chi connectivity index (χ3n) is 2.04. The van der Waals surface area contributed by atoms with Gasteiger partial charge in [0.2, 0.25) is 0 Å². The number of hydrogen-bond acceptors (Lipinski definition) is 2. The molecule has 1 nitrogen and oxygen atoms in total. The Labute approximate surface area is 80.7 Å². The van der Waals surface area contributed by atoms with E-state index >= 15 is 0 Å². The first-order valence-electron chi connectivity index (χ1n) is 3.82. The minimum atomic E-state index is -0.336. The van der Waals surface area contributed by atoms with E-state index in [0.717, 1.165) is 27.7 Å². The topological polar surface area (TPSA) is 20.2 Å². The second kappa shape index (κ2) is 3.29. The second-order valence-electron chi connectivity index (χ2n) is 2.84. The first-order chi connectivity index (χ1) is 5.79. The number of thioether (sulfide) groups is 1. The number of aliphatic hydroxyl groups is 1. The van der Waals surface area contributed by atoms with Gasteiger partial charge in [-0.05, 0) is 17.2 Å². The van der Waals surface area contributed by atoms with Crippen molar-refractivity contribution >= 4 is 23.4 Å². The highest BCUT2D eigenvalue weighted by molar-refractivity contribution is 7.98. The molecule has 0 aliphatic carbocycles. The van der Waals surface area contributed by atoms with Crippen molar-refractivity contribution in [3.05, 3.63) is 34.3 Å².